The van der Waals surface area contributed by atoms with Crippen LogP contribution in [-0.4, -0.2) is 36.3 Å². The number of benzene rings is 1. The summed E-state index contributed by atoms with van der Waals surface area (Å²) in [6, 6.07) is 6.75. The molecule has 122 valence electrons. The molecule has 1 aromatic rings. The molecular formula is C16H24ClN3O2. The topological polar surface area (TPSA) is 75.4 Å². The Bertz CT molecular complexity index is 483. The number of amides is 2. The quantitative estimate of drug-likeness (QED) is 0.833. The van der Waals surface area contributed by atoms with E-state index in [1.165, 1.54) is 12.8 Å². The highest BCUT2D eigenvalue weighted by atomic mass is 35.5. The Balaban J connectivity index is 0.00000242. The number of nitrogens with zero attached hydrogens (tertiary/aromatic N) is 1. The van der Waals surface area contributed by atoms with Crippen LogP contribution >= 0.6 is 12.4 Å². The molecule has 0 aliphatic carbocycles. The normalized spacial score (nSPS) is 14.6. The molecule has 0 atom stereocenters. The van der Waals surface area contributed by atoms with Crippen LogP contribution in [0.2, 0.25) is 0 Å². The molecule has 6 heteroatoms. The van der Waals surface area contributed by atoms with Crippen LogP contribution in [0.1, 0.15) is 42.5 Å². The highest BCUT2D eigenvalue weighted by molar-refractivity contribution is 5.94. The van der Waals surface area contributed by atoms with E-state index < -0.39 is 0 Å². The Morgan fingerprint density at radius 2 is 1.64 bits per heavy atom. The second-order valence-electron chi connectivity index (χ2n) is 5.42. The van der Waals surface area contributed by atoms with E-state index in [0.29, 0.717) is 24.2 Å². The van der Waals surface area contributed by atoms with Crippen molar-refractivity contribution in [3.8, 4) is 0 Å². The first-order valence-corrected chi connectivity index (χ1v) is 7.58. The van der Waals surface area contributed by atoms with Crippen LogP contribution in [-0.2, 0) is 4.79 Å². The highest BCUT2D eigenvalue weighted by Gasteiger charge is 2.15. The van der Waals surface area contributed by atoms with E-state index in [0.717, 1.165) is 25.9 Å². The first-order chi connectivity index (χ1) is 10.2. The summed E-state index contributed by atoms with van der Waals surface area (Å²) in [5.74, 6) is -0.0341. The van der Waals surface area contributed by atoms with Crippen LogP contribution in [0.15, 0.2) is 24.3 Å². The summed E-state index contributed by atoms with van der Waals surface area (Å²) in [7, 11) is 0. The zero-order valence-corrected chi connectivity index (χ0v) is 13.5. The lowest BCUT2D eigenvalue weighted by Gasteiger charge is -2.20. The van der Waals surface area contributed by atoms with Crippen molar-refractivity contribution in [3.63, 3.8) is 0 Å². The van der Waals surface area contributed by atoms with Gasteiger partial charge in [-0.3, -0.25) is 9.59 Å². The molecule has 0 unspecified atom stereocenters. The molecule has 2 rings (SSSR count). The Morgan fingerprint density at radius 1 is 1.05 bits per heavy atom. The third-order valence-electron chi connectivity index (χ3n) is 3.76. The first-order valence-electron chi connectivity index (χ1n) is 7.58. The van der Waals surface area contributed by atoms with Gasteiger partial charge < -0.3 is 16.0 Å². The average Bonchev–Trinajstić information content (AvgIpc) is 2.77. The largest absolute Gasteiger partial charge is 0.399 e. The molecule has 1 fully saturated rings. The molecule has 1 saturated heterocycles. The monoisotopic (exact) mass is 325 g/mol. The summed E-state index contributed by atoms with van der Waals surface area (Å²) in [6.07, 6.45) is 4.95. The van der Waals surface area contributed by atoms with Crippen LogP contribution < -0.4 is 11.1 Å². The van der Waals surface area contributed by atoms with Crippen LogP contribution in [0.25, 0.3) is 0 Å². The van der Waals surface area contributed by atoms with Gasteiger partial charge in [0.25, 0.3) is 5.91 Å². The van der Waals surface area contributed by atoms with Crippen LogP contribution in [0.3, 0.4) is 0 Å². The van der Waals surface area contributed by atoms with Gasteiger partial charge in [-0.2, -0.15) is 0 Å². The molecule has 1 aliphatic heterocycles. The standard InChI is InChI=1S/C16H23N3O2.ClH/c17-14-7-5-13(6-8-14)16(21)18-10-9-15(20)19-11-3-1-2-4-12-19;/h5-8H,1-4,9-12,17H2,(H,18,21);1H. The fourth-order valence-corrected chi connectivity index (χ4v) is 2.50. The number of nitrogens with one attached hydrogen (secondary N) is 1. The van der Waals surface area contributed by atoms with E-state index >= 15 is 0 Å². The van der Waals surface area contributed by atoms with Crippen molar-refractivity contribution in [1.29, 1.82) is 0 Å². The lowest BCUT2D eigenvalue weighted by molar-refractivity contribution is -0.131. The van der Waals surface area contributed by atoms with E-state index in [9.17, 15) is 9.59 Å². The summed E-state index contributed by atoms with van der Waals surface area (Å²) in [4.78, 5) is 25.9. The molecule has 0 radical (unpaired) electrons. The molecule has 0 spiro atoms. The van der Waals surface area contributed by atoms with Crippen molar-refractivity contribution in [1.82, 2.24) is 10.2 Å². The number of hydrogen-bond acceptors (Lipinski definition) is 3. The Morgan fingerprint density at radius 3 is 2.23 bits per heavy atom. The Hall–Kier alpha value is -1.75. The summed E-state index contributed by atoms with van der Waals surface area (Å²) >= 11 is 0. The number of rotatable bonds is 4. The van der Waals surface area contributed by atoms with Crippen molar-refractivity contribution >= 4 is 29.9 Å². The van der Waals surface area contributed by atoms with Gasteiger partial charge in [0, 0.05) is 37.3 Å². The van der Waals surface area contributed by atoms with Crippen molar-refractivity contribution in [2.75, 3.05) is 25.4 Å². The van der Waals surface area contributed by atoms with Crippen LogP contribution in [0.5, 0.6) is 0 Å². The Labute approximate surface area is 137 Å². The fourth-order valence-electron chi connectivity index (χ4n) is 2.50. The Kier molecular flexibility index (Phi) is 7.74. The third kappa shape index (κ3) is 5.56. The maximum Gasteiger partial charge on any atom is 0.251 e. The van der Waals surface area contributed by atoms with Gasteiger partial charge in [0.15, 0.2) is 0 Å². The number of anilines is 1. The van der Waals surface area contributed by atoms with E-state index in [4.69, 9.17) is 5.73 Å². The summed E-state index contributed by atoms with van der Waals surface area (Å²) in [5.41, 5.74) is 6.77. The molecule has 0 saturated carbocycles. The lowest BCUT2D eigenvalue weighted by atomic mass is 10.2. The molecular weight excluding hydrogens is 302 g/mol. The molecule has 0 aromatic heterocycles. The van der Waals surface area contributed by atoms with E-state index in [-0.39, 0.29) is 24.2 Å². The SMILES string of the molecule is Cl.Nc1ccc(C(=O)NCCC(=O)N2CCCCCC2)cc1. The second kappa shape index (κ2) is 9.30. The summed E-state index contributed by atoms with van der Waals surface area (Å²) in [6.45, 7) is 2.08. The van der Waals surface area contributed by atoms with Gasteiger partial charge in [0.05, 0.1) is 0 Å². The average molecular weight is 326 g/mol. The number of nitrogens with two attached hydrogens (primary N) is 1. The maximum absolute atomic E-state index is 12.1. The molecule has 1 aliphatic rings. The number of likely N-dealkylation sites (tertiary alicyclic amines) is 1. The van der Waals surface area contributed by atoms with Gasteiger partial charge in [0.2, 0.25) is 5.91 Å². The van der Waals surface area contributed by atoms with Gasteiger partial charge >= 0.3 is 0 Å². The first kappa shape index (κ1) is 18.3. The number of carbonyl (C=O) groups excluding carboxylic acids is 2. The zero-order chi connectivity index (χ0) is 15.1. The van der Waals surface area contributed by atoms with E-state index in [1.54, 1.807) is 24.3 Å². The molecule has 0 bridgehead atoms. The lowest BCUT2D eigenvalue weighted by Crippen LogP contribution is -2.35. The summed E-state index contributed by atoms with van der Waals surface area (Å²) in [5, 5.41) is 2.78. The van der Waals surface area contributed by atoms with Crippen molar-refractivity contribution in [2.24, 2.45) is 0 Å². The molecule has 2 amide bonds. The number of nitrogen functional groups attached to an aromatic ring is 1. The smallest absolute Gasteiger partial charge is 0.251 e. The summed E-state index contributed by atoms with van der Waals surface area (Å²) < 4.78 is 0. The minimum Gasteiger partial charge on any atom is -0.399 e. The van der Waals surface area contributed by atoms with Crippen LogP contribution in [0, 0.1) is 0 Å². The second-order valence-corrected chi connectivity index (χ2v) is 5.42. The van der Waals surface area contributed by atoms with Crippen molar-refractivity contribution in [3.05, 3.63) is 29.8 Å². The number of hydrogen-bond donors (Lipinski definition) is 2. The molecule has 5 nitrogen and oxygen atoms in total. The minimum absolute atomic E-state index is 0. The van der Waals surface area contributed by atoms with Crippen molar-refractivity contribution < 1.29 is 9.59 Å². The predicted molar refractivity (Wildman–Crippen MR) is 90.1 cm³/mol. The van der Waals surface area contributed by atoms with Gasteiger partial charge in [-0.05, 0) is 37.1 Å². The molecule has 22 heavy (non-hydrogen) atoms. The van der Waals surface area contributed by atoms with Crippen LogP contribution in [0.4, 0.5) is 5.69 Å². The highest BCUT2D eigenvalue weighted by Crippen LogP contribution is 2.10. The minimum atomic E-state index is -0.168. The van der Waals surface area contributed by atoms with Gasteiger partial charge in [0.1, 0.15) is 0 Å². The predicted octanol–water partition coefficient (Wildman–Crippen LogP) is 2.21. The van der Waals surface area contributed by atoms with Crippen molar-refractivity contribution in [2.45, 2.75) is 32.1 Å². The zero-order valence-electron chi connectivity index (χ0n) is 12.7. The number of carbonyl (C=O) groups is 2. The number of halogens is 1. The third-order valence-corrected chi connectivity index (χ3v) is 3.76. The molecule has 3 N–H and O–H groups in total. The van der Waals surface area contributed by atoms with E-state index in [2.05, 4.69) is 5.32 Å². The maximum atomic E-state index is 12.1. The fraction of sp³-hybridized carbons (Fsp3) is 0.500. The molecule has 1 aromatic carbocycles. The van der Waals surface area contributed by atoms with Gasteiger partial charge in [-0.25, -0.2) is 0 Å². The van der Waals surface area contributed by atoms with Gasteiger partial charge in [-0.15, -0.1) is 12.4 Å². The van der Waals surface area contributed by atoms with E-state index in [1.807, 2.05) is 4.90 Å². The molecule has 1 heterocycles. The van der Waals surface area contributed by atoms with Gasteiger partial charge in [-0.1, -0.05) is 12.8 Å².